The number of para-hydroxylation sites is 2. The normalized spacial score (nSPS) is 11.3. The number of anilines is 1. The van der Waals surface area contributed by atoms with E-state index in [1.54, 1.807) is 6.21 Å². The molecule has 27 heavy (non-hydrogen) atoms. The fourth-order valence-corrected chi connectivity index (χ4v) is 3.50. The highest BCUT2D eigenvalue weighted by atomic mass is 32.1. The lowest BCUT2D eigenvalue weighted by atomic mass is 10.1. The molecule has 0 radical (unpaired) electrons. The lowest BCUT2D eigenvalue weighted by molar-refractivity contribution is 0.827. The van der Waals surface area contributed by atoms with Crippen molar-refractivity contribution in [3.63, 3.8) is 0 Å². The minimum Gasteiger partial charge on any atom is -0.341 e. The Kier molecular flexibility index (Phi) is 4.85. The van der Waals surface area contributed by atoms with Gasteiger partial charge in [-0.05, 0) is 49.0 Å². The van der Waals surface area contributed by atoms with Crippen molar-refractivity contribution in [2.45, 2.75) is 13.5 Å². The second-order valence-electron chi connectivity index (χ2n) is 6.23. The molecule has 4 rings (SSSR count). The molecule has 4 nitrogen and oxygen atoms in total. The van der Waals surface area contributed by atoms with E-state index in [-0.39, 0.29) is 0 Å². The van der Waals surface area contributed by atoms with Gasteiger partial charge in [-0.1, -0.05) is 48.5 Å². The van der Waals surface area contributed by atoms with E-state index in [0.29, 0.717) is 5.11 Å². The molecular weight excluding hydrogens is 352 g/mol. The first kappa shape index (κ1) is 17.2. The molecule has 3 aromatic carbocycles. The van der Waals surface area contributed by atoms with Crippen molar-refractivity contribution >= 4 is 51.0 Å². The monoisotopic (exact) mass is 372 g/mol. The van der Waals surface area contributed by atoms with Crippen molar-refractivity contribution in [2.75, 3.05) is 5.32 Å². The number of thiocarbonyl (C=S) groups is 1. The third kappa shape index (κ3) is 3.55. The van der Waals surface area contributed by atoms with Crippen molar-refractivity contribution < 1.29 is 0 Å². The van der Waals surface area contributed by atoms with Crippen LogP contribution in [-0.4, -0.2) is 15.9 Å². The predicted molar refractivity (Wildman–Crippen MR) is 119 cm³/mol. The summed E-state index contributed by atoms with van der Waals surface area (Å²) >= 11 is 5.27. The molecule has 5 heteroatoms. The van der Waals surface area contributed by atoms with Gasteiger partial charge in [-0.25, -0.2) is 0 Å². The standard InChI is InChI=1S/C22H20N4S/c1-2-26-20-11-7-6-10-18(20)19-13-12-16(14-21(19)26)15-23-25-22(27)24-17-8-4-3-5-9-17/h3-15H,2H2,1H3,(H2,24,25,27)/b23-15+. The highest BCUT2D eigenvalue weighted by Crippen LogP contribution is 2.29. The first-order valence-electron chi connectivity index (χ1n) is 8.92. The number of aromatic nitrogens is 1. The van der Waals surface area contributed by atoms with Crippen LogP contribution in [0.25, 0.3) is 21.8 Å². The summed E-state index contributed by atoms with van der Waals surface area (Å²) in [5, 5.41) is 10.4. The summed E-state index contributed by atoms with van der Waals surface area (Å²) in [5.74, 6) is 0. The van der Waals surface area contributed by atoms with Crippen molar-refractivity contribution in [2.24, 2.45) is 5.10 Å². The number of rotatable bonds is 4. The van der Waals surface area contributed by atoms with Gasteiger partial charge < -0.3 is 9.88 Å². The summed E-state index contributed by atoms with van der Waals surface area (Å²) in [6.45, 7) is 3.09. The minimum atomic E-state index is 0.459. The van der Waals surface area contributed by atoms with Crippen LogP contribution < -0.4 is 10.7 Å². The van der Waals surface area contributed by atoms with Gasteiger partial charge >= 0.3 is 0 Å². The van der Waals surface area contributed by atoms with Crippen molar-refractivity contribution in [1.29, 1.82) is 0 Å². The van der Waals surface area contributed by atoms with Gasteiger partial charge in [0.1, 0.15) is 0 Å². The van der Waals surface area contributed by atoms with Gasteiger partial charge in [-0.3, -0.25) is 5.43 Å². The Bertz CT molecular complexity index is 1130. The van der Waals surface area contributed by atoms with E-state index in [0.717, 1.165) is 17.8 Å². The topological polar surface area (TPSA) is 41.4 Å². The molecule has 1 heterocycles. The van der Waals surface area contributed by atoms with Gasteiger partial charge in [0.15, 0.2) is 5.11 Å². The van der Waals surface area contributed by atoms with Crippen LogP contribution in [0.15, 0.2) is 77.9 Å². The number of fused-ring (bicyclic) bond motifs is 3. The average Bonchev–Trinajstić information content (AvgIpc) is 3.01. The summed E-state index contributed by atoms with van der Waals surface area (Å²) in [7, 11) is 0. The zero-order valence-corrected chi connectivity index (χ0v) is 15.8. The van der Waals surface area contributed by atoms with Crippen LogP contribution in [0.1, 0.15) is 12.5 Å². The molecule has 0 saturated carbocycles. The lowest BCUT2D eigenvalue weighted by Crippen LogP contribution is -2.23. The quantitative estimate of drug-likeness (QED) is 0.296. The first-order valence-corrected chi connectivity index (χ1v) is 9.33. The van der Waals surface area contributed by atoms with Crippen molar-refractivity contribution in [3.05, 3.63) is 78.4 Å². The molecule has 0 spiro atoms. The van der Waals surface area contributed by atoms with Crippen molar-refractivity contribution in [3.8, 4) is 0 Å². The molecule has 0 saturated heterocycles. The first-order chi connectivity index (χ1) is 13.3. The van der Waals surface area contributed by atoms with E-state index >= 15 is 0 Å². The van der Waals surface area contributed by atoms with Gasteiger partial charge in [0.25, 0.3) is 0 Å². The number of aryl methyl sites for hydroxylation is 1. The minimum absolute atomic E-state index is 0.459. The van der Waals surface area contributed by atoms with Crippen LogP contribution >= 0.6 is 12.2 Å². The molecule has 0 aliphatic carbocycles. The summed E-state index contributed by atoms with van der Waals surface area (Å²) in [4.78, 5) is 0. The molecule has 134 valence electrons. The van der Waals surface area contributed by atoms with Crippen LogP contribution in [0, 0.1) is 0 Å². The molecule has 0 aliphatic rings. The maximum absolute atomic E-state index is 5.27. The van der Waals surface area contributed by atoms with E-state index in [2.05, 4.69) is 69.8 Å². The van der Waals surface area contributed by atoms with E-state index in [1.807, 2.05) is 30.3 Å². The Morgan fingerprint density at radius 1 is 0.963 bits per heavy atom. The van der Waals surface area contributed by atoms with Gasteiger partial charge in [0.05, 0.1) is 6.21 Å². The highest BCUT2D eigenvalue weighted by Gasteiger charge is 2.09. The van der Waals surface area contributed by atoms with E-state index in [9.17, 15) is 0 Å². The van der Waals surface area contributed by atoms with Gasteiger partial charge in [-0.15, -0.1) is 0 Å². The Morgan fingerprint density at radius 2 is 1.70 bits per heavy atom. The maximum atomic E-state index is 5.27. The van der Waals surface area contributed by atoms with E-state index < -0.39 is 0 Å². The van der Waals surface area contributed by atoms with Crippen LogP contribution in [0.5, 0.6) is 0 Å². The summed E-state index contributed by atoms with van der Waals surface area (Å²) in [5.41, 5.74) is 7.29. The number of nitrogens with one attached hydrogen (secondary N) is 2. The molecule has 1 aromatic heterocycles. The molecule has 0 atom stereocenters. The third-order valence-corrected chi connectivity index (χ3v) is 4.72. The number of nitrogens with zero attached hydrogens (tertiary/aromatic N) is 2. The molecule has 0 fully saturated rings. The molecule has 0 unspecified atom stereocenters. The SMILES string of the molecule is CCn1c2ccccc2c2ccc(/C=N/NC(=S)Nc3ccccc3)cc21. The number of hydrogen-bond donors (Lipinski definition) is 2. The second kappa shape index (κ2) is 7.60. The predicted octanol–water partition coefficient (Wildman–Crippen LogP) is 5.13. The number of hydrogen-bond acceptors (Lipinski definition) is 2. The zero-order valence-electron chi connectivity index (χ0n) is 15.0. The Balaban J connectivity index is 1.54. The maximum Gasteiger partial charge on any atom is 0.191 e. The van der Waals surface area contributed by atoms with Crippen molar-refractivity contribution in [1.82, 2.24) is 9.99 Å². The Hall–Kier alpha value is -3.18. The summed E-state index contributed by atoms with van der Waals surface area (Å²) in [6, 6.07) is 24.7. The number of benzene rings is 3. The molecule has 0 aliphatic heterocycles. The van der Waals surface area contributed by atoms with Crippen LogP contribution in [0.2, 0.25) is 0 Å². The third-order valence-electron chi connectivity index (χ3n) is 4.53. The molecule has 4 aromatic rings. The largest absolute Gasteiger partial charge is 0.341 e. The number of hydrazone groups is 1. The fourth-order valence-electron chi connectivity index (χ4n) is 3.33. The molecule has 2 N–H and O–H groups in total. The van der Waals surface area contributed by atoms with E-state index in [1.165, 1.54) is 21.8 Å². The van der Waals surface area contributed by atoms with Crippen LogP contribution in [0.3, 0.4) is 0 Å². The molecular formula is C22H20N4S. The fraction of sp³-hybridized carbons (Fsp3) is 0.0909. The molecule has 0 bridgehead atoms. The zero-order chi connectivity index (χ0) is 18.6. The van der Waals surface area contributed by atoms with Crippen LogP contribution in [0.4, 0.5) is 5.69 Å². The van der Waals surface area contributed by atoms with Crippen LogP contribution in [-0.2, 0) is 6.54 Å². The Labute approximate surface area is 163 Å². The summed E-state index contributed by atoms with van der Waals surface area (Å²) in [6.07, 6.45) is 1.79. The summed E-state index contributed by atoms with van der Waals surface area (Å²) < 4.78 is 2.33. The van der Waals surface area contributed by atoms with Gasteiger partial charge in [0, 0.05) is 34.0 Å². The lowest BCUT2D eigenvalue weighted by Gasteiger charge is -2.06. The average molecular weight is 372 g/mol. The van der Waals surface area contributed by atoms with Gasteiger partial charge in [0.2, 0.25) is 0 Å². The molecule has 0 amide bonds. The second-order valence-corrected chi connectivity index (χ2v) is 6.64. The van der Waals surface area contributed by atoms with E-state index in [4.69, 9.17) is 12.2 Å². The smallest absolute Gasteiger partial charge is 0.191 e. The van der Waals surface area contributed by atoms with Gasteiger partial charge in [-0.2, -0.15) is 5.10 Å². The highest BCUT2D eigenvalue weighted by molar-refractivity contribution is 7.80. The Morgan fingerprint density at radius 3 is 2.52 bits per heavy atom.